The normalized spacial score (nSPS) is 21.9. The maximum Gasteiger partial charge on any atom is 0.207 e. The van der Waals surface area contributed by atoms with E-state index in [1.54, 1.807) is 0 Å². The van der Waals surface area contributed by atoms with Gasteiger partial charge in [-0.25, -0.2) is 0 Å². The highest BCUT2D eigenvalue weighted by Crippen LogP contribution is 2.39. The lowest BCUT2D eigenvalue weighted by atomic mass is 9.75. The summed E-state index contributed by atoms with van der Waals surface area (Å²) >= 11 is 0. The van der Waals surface area contributed by atoms with E-state index in [0.29, 0.717) is 31.5 Å². The van der Waals surface area contributed by atoms with E-state index in [9.17, 15) is 4.79 Å². The molecule has 0 radical (unpaired) electrons. The molecule has 1 saturated heterocycles. The molecule has 1 fully saturated rings. The maximum atomic E-state index is 10.4. The first-order chi connectivity index (χ1) is 13.8. The molecule has 0 bridgehead atoms. The molecule has 2 aromatic carbocycles. The third kappa shape index (κ3) is 4.39. The fraction of sp³-hybridized carbons (Fsp3) is 0.458. The minimum atomic E-state index is 0.496. The lowest BCUT2D eigenvalue weighted by molar-refractivity contribution is -0.109. The van der Waals surface area contributed by atoms with Crippen LogP contribution in [0.25, 0.3) is 0 Å². The average Bonchev–Trinajstić information content (AvgIpc) is 3.27. The van der Waals surface area contributed by atoms with E-state index in [-0.39, 0.29) is 0 Å². The van der Waals surface area contributed by atoms with Crippen molar-refractivity contribution in [3.8, 4) is 5.75 Å². The standard InChI is InChI=1S/C24H30N2O2/c27-18-25-12-15-28-21-10-8-20-9-11-24(26-13-4-5-14-26)23(22(20)17-21)16-19-6-2-1-3-7-19/h1-3,6-8,10,17-18,23-24H,4-5,9,11-16H2,(H,25,27). The van der Waals surface area contributed by atoms with Crippen LogP contribution < -0.4 is 10.1 Å². The SMILES string of the molecule is O=CNCCOc1ccc2c(c1)C(Cc1ccccc1)C(N1CCCC1)CC2. The van der Waals surface area contributed by atoms with E-state index in [0.717, 1.165) is 18.6 Å². The summed E-state index contributed by atoms with van der Waals surface area (Å²) in [5, 5.41) is 2.65. The van der Waals surface area contributed by atoms with Crippen LogP contribution in [0.4, 0.5) is 0 Å². The van der Waals surface area contributed by atoms with Crippen LogP contribution in [0, 0.1) is 0 Å². The molecule has 0 saturated carbocycles. The highest BCUT2D eigenvalue weighted by Gasteiger charge is 2.34. The van der Waals surface area contributed by atoms with Crippen molar-refractivity contribution in [1.29, 1.82) is 0 Å². The highest BCUT2D eigenvalue weighted by molar-refractivity contribution is 5.45. The average molecular weight is 379 g/mol. The van der Waals surface area contributed by atoms with Crippen molar-refractivity contribution in [1.82, 2.24) is 10.2 Å². The number of fused-ring (bicyclic) bond motifs is 1. The second kappa shape index (κ2) is 9.24. The maximum absolute atomic E-state index is 10.4. The number of likely N-dealkylation sites (tertiary alicyclic amines) is 1. The quantitative estimate of drug-likeness (QED) is 0.564. The fourth-order valence-electron chi connectivity index (χ4n) is 4.86. The summed E-state index contributed by atoms with van der Waals surface area (Å²) in [6.45, 7) is 3.50. The Labute approximate surface area is 167 Å². The summed E-state index contributed by atoms with van der Waals surface area (Å²) in [6.07, 6.45) is 6.84. The summed E-state index contributed by atoms with van der Waals surface area (Å²) in [5.41, 5.74) is 4.33. The van der Waals surface area contributed by atoms with E-state index in [1.165, 1.54) is 49.0 Å². The molecule has 1 aliphatic heterocycles. The van der Waals surface area contributed by atoms with Crippen molar-refractivity contribution in [3.05, 3.63) is 65.2 Å². The molecule has 4 heteroatoms. The Hall–Kier alpha value is -2.33. The van der Waals surface area contributed by atoms with Gasteiger partial charge in [0.15, 0.2) is 0 Å². The van der Waals surface area contributed by atoms with Gasteiger partial charge >= 0.3 is 0 Å². The number of carbonyl (C=O) groups is 1. The number of benzene rings is 2. The van der Waals surface area contributed by atoms with E-state index in [4.69, 9.17) is 4.74 Å². The number of ether oxygens (including phenoxy) is 1. The lowest BCUT2D eigenvalue weighted by Gasteiger charge is -2.39. The summed E-state index contributed by atoms with van der Waals surface area (Å²) in [6, 6.07) is 18.1. The molecule has 1 amide bonds. The first kappa shape index (κ1) is 19.0. The van der Waals surface area contributed by atoms with E-state index in [1.807, 2.05) is 0 Å². The number of amides is 1. The Bertz CT molecular complexity index is 771. The highest BCUT2D eigenvalue weighted by atomic mass is 16.5. The molecule has 1 aliphatic carbocycles. The molecule has 1 N–H and O–H groups in total. The molecule has 4 rings (SSSR count). The van der Waals surface area contributed by atoms with Gasteiger partial charge in [-0.1, -0.05) is 36.4 Å². The van der Waals surface area contributed by atoms with Gasteiger partial charge in [0.2, 0.25) is 6.41 Å². The van der Waals surface area contributed by atoms with Crippen molar-refractivity contribution in [2.45, 2.75) is 44.1 Å². The molecule has 2 aliphatic rings. The number of hydrogen-bond acceptors (Lipinski definition) is 3. The minimum Gasteiger partial charge on any atom is -0.492 e. The summed E-state index contributed by atoms with van der Waals surface area (Å²) in [5.74, 6) is 1.41. The van der Waals surface area contributed by atoms with Gasteiger partial charge in [0.05, 0.1) is 6.54 Å². The van der Waals surface area contributed by atoms with E-state index in [2.05, 4.69) is 58.7 Å². The van der Waals surface area contributed by atoms with Crippen LogP contribution in [0.3, 0.4) is 0 Å². The minimum absolute atomic E-state index is 0.496. The van der Waals surface area contributed by atoms with Crippen LogP contribution in [-0.4, -0.2) is 43.6 Å². The fourth-order valence-corrected chi connectivity index (χ4v) is 4.86. The Morgan fingerprint density at radius 1 is 1.11 bits per heavy atom. The van der Waals surface area contributed by atoms with Gasteiger partial charge in [-0.3, -0.25) is 9.69 Å². The largest absolute Gasteiger partial charge is 0.492 e. The van der Waals surface area contributed by atoms with Crippen LogP contribution in [0.15, 0.2) is 48.5 Å². The zero-order valence-corrected chi connectivity index (χ0v) is 16.5. The topological polar surface area (TPSA) is 41.6 Å². The van der Waals surface area contributed by atoms with Gasteiger partial charge in [-0.15, -0.1) is 0 Å². The van der Waals surface area contributed by atoms with Crippen molar-refractivity contribution in [3.63, 3.8) is 0 Å². The molecule has 0 spiro atoms. The van der Waals surface area contributed by atoms with Crippen molar-refractivity contribution in [2.24, 2.45) is 0 Å². The Morgan fingerprint density at radius 2 is 1.93 bits per heavy atom. The number of rotatable bonds is 8. The number of aryl methyl sites for hydroxylation is 1. The van der Waals surface area contributed by atoms with Crippen LogP contribution in [-0.2, 0) is 17.6 Å². The molecule has 2 aromatic rings. The van der Waals surface area contributed by atoms with Gasteiger partial charge in [0, 0.05) is 12.0 Å². The molecular formula is C24H30N2O2. The zero-order chi connectivity index (χ0) is 19.2. The third-order valence-electron chi connectivity index (χ3n) is 6.20. The molecule has 148 valence electrons. The number of nitrogens with one attached hydrogen (secondary N) is 1. The molecule has 1 heterocycles. The summed E-state index contributed by atoms with van der Waals surface area (Å²) < 4.78 is 5.90. The lowest BCUT2D eigenvalue weighted by Crippen LogP contribution is -2.41. The zero-order valence-electron chi connectivity index (χ0n) is 16.5. The monoisotopic (exact) mass is 378 g/mol. The molecule has 2 unspecified atom stereocenters. The second-order valence-corrected chi connectivity index (χ2v) is 7.93. The Morgan fingerprint density at radius 3 is 2.71 bits per heavy atom. The molecule has 0 aromatic heterocycles. The molecule has 28 heavy (non-hydrogen) atoms. The first-order valence-electron chi connectivity index (χ1n) is 10.6. The van der Waals surface area contributed by atoms with Gasteiger partial charge in [-0.05, 0) is 74.0 Å². The number of carbonyl (C=O) groups excluding carboxylic acids is 1. The predicted octanol–water partition coefficient (Wildman–Crippen LogP) is 3.55. The van der Waals surface area contributed by atoms with Crippen LogP contribution in [0.5, 0.6) is 5.75 Å². The predicted molar refractivity (Wildman–Crippen MR) is 112 cm³/mol. The Kier molecular flexibility index (Phi) is 6.27. The van der Waals surface area contributed by atoms with Gasteiger partial charge < -0.3 is 10.1 Å². The second-order valence-electron chi connectivity index (χ2n) is 7.93. The van der Waals surface area contributed by atoms with Crippen molar-refractivity contribution in [2.75, 3.05) is 26.2 Å². The van der Waals surface area contributed by atoms with Crippen LogP contribution in [0.2, 0.25) is 0 Å². The van der Waals surface area contributed by atoms with Crippen LogP contribution in [0.1, 0.15) is 41.9 Å². The molecular weight excluding hydrogens is 348 g/mol. The Balaban J connectivity index is 1.59. The van der Waals surface area contributed by atoms with Crippen LogP contribution >= 0.6 is 0 Å². The van der Waals surface area contributed by atoms with E-state index >= 15 is 0 Å². The van der Waals surface area contributed by atoms with E-state index < -0.39 is 0 Å². The van der Waals surface area contributed by atoms with Gasteiger partial charge in [0.25, 0.3) is 0 Å². The van der Waals surface area contributed by atoms with Crippen molar-refractivity contribution < 1.29 is 9.53 Å². The van der Waals surface area contributed by atoms with Crippen molar-refractivity contribution >= 4 is 6.41 Å². The molecule has 2 atom stereocenters. The van der Waals surface area contributed by atoms with Gasteiger partial charge in [-0.2, -0.15) is 0 Å². The summed E-state index contributed by atoms with van der Waals surface area (Å²) in [4.78, 5) is 13.1. The van der Waals surface area contributed by atoms with Gasteiger partial charge in [0.1, 0.15) is 12.4 Å². The number of hydrogen-bond donors (Lipinski definition) is 1. The first-order valence-corrected chi connectivity index (χ1v) is 10.6. The smallest absolute Gasteiger partial charge is 0.207 e. The third-order valence-corrected chi connectivity index (χ3v) is 6.20. The number of nitrogens with zero attached hydrogens (tertiary/aromatic N) is 1. The molecule has 4 nitrogen and oxygen atoms in total. The summed E-state index contributed by atoms with van der Waals surface area (Å²) in [7, 11) is 0.